The van der Waals surface area contributed by atoms with Crippen molar-refractivity contribution >= 4 is 0 Å². The lowest BCUT2D eigenvalue weighted by molar-refractivity contribution is 0.182. The second kappa shape index (κ2) is 7.29. The Balaban J connectivity index is 3.91. The van der Waals surface area contributed by atoms with Crippen molar-refractivity contribution in [2.75, 3.05) is 26.8 Å². The highest BCUT2D eigenvalue weighted by Crippen LogP contribution is 2.32. The third-order valence-electron chi connectivity index (χ3n) is 3.37. The molecule has 0 fully saturated rings. The SMILES string of the molecule is CCC(C)(CCC(C)(C)C)CNCCOC. The standard InChI is InChI=1S/C14H31NO/c1-7-14(5,9-8-13(2,3)4)12-15-10-11-16-6/h15H,7-12H2,1-6H3. The Morgan fingerprint density at radius 2 is 1.69 bits per heavy atom. The molecule has 0 bridgehead atoms. The zero-order valence-electron chi connectivity index (χ0n) is 12.2. The first-order valence-electron chi connectivity index (χ1n) is 6.53. The van der Waals surface area contributed by atoms with E-state index in [0.29, 0.717) is 10.8 Å². The van der Waals surface area contributed by atoms with Crippen LogP contribution < -0.4 is 5.32 Å². The van der Waals surface area contributed by atoms with Crippen LogP contribution in [-0.4, -0.2) is 26.8 Å². The lowest BCUT2D eigenvalue weighted by Gasteiger charge is -2.32. The molecule has 0 radical (unpaired) electrons. The van der Waals surface area contributed by atoms with Gasteiger partial charge in [0.25, 0.3) is 0 Å². The summed E-state index contributed by atoms with van der Waals surface area (Å²) in [7, 11) is 1.75. The average molecular weight is 229 g/mol. The van der Waals surface area contributed by atoms with Crippen molar-refractivity contribution in [1.29, 1.82) is 0 Å². The highest BCUT2D eigenvalue weighted by molar-refractivity contribution is 4.78. The highest BCUT2D eigenvalue weighted by Gasteiger charge is 2.24. The first-order valence-corrected chi connectivity index (χ1v) is 6.53. The minimum atomic E-state index is 0.432. The Morgan fingerprint density at radius 3 is 2.12 bits per heavy atom. The van der Waals surface area contributed by atoms with Crippen LogP contribution in [0.2, 0.25) is 0 Å². The zero-order chi connectivity index (χ0) is 12.7. The molecule has 0 aliphatic heterocycles. The molecule has 1 unspecified atom stereocenters. The number of nitrogens with one attached hydrogen (secondary N) is 1. The van der Waals surface area contributed by atoms with Gasteiger partial charge in [0.2, 0.25) is 0 Å². The summed E-state index contributed by atoms with van der Waals surface area (Å²) in [6.07, 6.45) is 3.83. The third-order valence-corrected chi connectivity index (χ3v) is 3.37. The van der Waals surface area contributed by atoms with Crippen LogP contribution in [0.4, 0.5) is 0 Å². The predicted molar refractivity (Wildman–Crippen MR) is 71.8 cm³/mol. The maximum atomic E-state index is 5.04. The fraction of sp³-hybridized carbons (Fsp3) is 1.00. The third kappa shape index (κ3) is 8.12. The number of ether oxygens (including phenoxy) is 1. The molecule has 1 atom stereocenters. The van der Waals surface area contributed by atoms with Gasteiger partial charge in [-0.15, -0.1) is 0 Å². The molecule has 2 heteroatoms. The van der Waals surface area contributed by atoms with E-state index >= 15 is 0 Å². The Kier molecular flexibility index (Phi) is 7.25. The summed E-state index contributed by atoms with van der Waals surface area (Å²) < 4.78 is 5.04. The van der Waals surface area contributed by atoms with Crippen molar-refractivity contribution in [1.82, 2.24) is 5.32 Å². The van der Waals surface area contributed by atoms with Gasteiger partial charge in [0.15, 0.2) is 0 Å². The normalized spacial score (nSPS) is 16.1. The van der Waals surface area contributed by atoms with E-state index in [1.165, 1.54) is 19.3 Å². The van der Waals surface area contributed by atoms with E-state index in [-0.39, 0.29) is 0 Å². The molecule has 0 saturated heterocycles. The van der Waals surface area contributed by atoms with Gasteiger partial charge in [0, 0.05) is 20.2 Å². The molecule has 0 aliphatic carbocycles. The minimum absolute atomic E-state index is 0.432. The maximum absolute atomic E-state index is 5.04. The molecule has 0 aromatic heterocycles. The molecule has 0 aliphatic rings. The van der Waals surface area contributed by atoms with Gasteiger partial charge in [0.05, 0.1) is 6.61 Å². The predicted octanol–water partition coefficient (Wildman–Crippen LogP) is 3.47. The van der Waals surface area contributed by atoms with E-state index < -0.39 is 0 Å². The summed E-state index contributed by atoms with van der Waals surface area (Å²) in [5.74, 6) is 0. The monoisotopic (exact) mass is 229 g/mol. The van der Waals surface area contributed by atoms with Gasteiger partial charge in [0.1, 0.15) is 0 Å². The molecule has 0 aromatic carbocycles. The Labute approximate surface area is 102 Å². The van der Waals surface area contributed by atoms with Crippen molar-refractivity contribution < 1.29 is 4.74 Å². The van der Waals surface area contributed by atoms with E-state index in [2.05, 4.69) is 39.9 Å². The highest BCUT2D eigenvalue weighted by atomic mass is 16.5. The van der Waals surface area contributed by atoms with Crippen molar-refractivity contribution in [3.63, 3.8) is 0 Å². The van der Waals surface area contributed by atoms with Gasteiger partial charge < -0.3 is 10.1 Å². The van der Waals surface area contributed by atoms with Crippen LogP contribution in [0.25, 0.3) is 0 Å². The molecule has 0 heterocycles. The first-order chi connectivity index (χ1) is 7.33. The molecule has 0 spiro atoms. The molecule has 0 saturated carbocycles. The van der Waals surface area contributed by atoms with Crippen LogP contribution in [0.15, 0.2) is 0 Å². The summed E-state index contributed by atoms with van der Waals surface area (Å²) in [6.45, 7) is 14.5. The second-order valence-electron chi connectivity index (χ2n) is 6.39. The molecular formula is C14H31NO. The molecule has 16 heavy (non-hydrogen) atoms. The van der Waals surface area contributed by atoms with E-state index in [1.54, 1.807) is 7.11 Å². The van der Waals surface area contributed by atoms with Crippen molar-refractivity contribution in [2.24, 2.45) is 10.8 Å². The molecular weight excluding hydrogens is 198 g/mol. The molecule has 0 rings (SSSR count). The van der Waals surface area contributed by atoms with Crippen LogP contribution in [0, 0.1) is 10.8 Å². The van der Waals surface area contributed by atoms with E-state index in [9.17, 15) is 0 Å². The number of methoxy groups -OCH3 is 1. The topological polar surface area (TPSA) is 21.3 Å². The van der Waals surface area contributed by atoms with Crippen molar-refractivity contribution in [3.05, 3.63) is 0 Å². The van der Waals surface area contributed by atoms with Crippen LogP contribution in [-0.2, 0) is 4.74 Å². The van der Waals surface area contributed by atoms with Gasteiger partial charge in [-0.3, -0.25) is 0 Å². The fourth-order valence-electron chi connectivity index (χ4n) is 1.63. The van der Waals surface area contributed by atoms with Gasteiger partial charge in [-0.05, 0) is 30.1 Å². The number of rotatable bonds is 8. The largest absolute Gasteiger partial charge is 0.383 e. The van der Waals surface area contributed by atoms with Crippen LogP contribution in [0.5, 0.6) is 0 Å². The molecule has 1 N–H and O–H groups in total. The Morgan fingerprint density at radius 1 is 1.06 bits per heavy atom. The van der Waals surface area contributed by atoms with E-state index in [4.69, 9.17) is 4.74 Å². The van der Waals surface area contributed by atoms with Crippen LogP contribution in [0.1, 0.15) is 53.9 Å². The summed E-state index contributed by atoms with van der Waals surface area (Å²) in [4.78, 5) is 0. The quantitative estimate of drug-likeness (QED) is 0.644. The van der Waals surface area contributed by atoms with Crippen molar-refractivity contribution in [3.8, 4) is 0 Å². The molecule has 98 valence electrons. The maximum Gasteiger partial charge on any atom is 0.0587 e. The fourth-order valence-corrected chi connectivity index (χ4v) is 1.63. The minimum Gasteiger partial charge on any atom is -0.383 e. The van der Waals surface area contributed by atoms with E-state index in [1.807, 2.05) is 0 Å². The summed E-state index contributed by atoms with van der Waals surface area (Å²) in [6, 6.07) is 0. The van der Waals surface area contributed by atoms with Gasteiger partial charge in [-0.2, -0.15) is 0 Å². The number of hydrogen-bond donors (Lipinski definition) is 1. The lowest BCUT2D eigenvalue weighted by atomic mass is 9.77. The lowest BCUT2D eigenvalue weighted by Crippen LogP contribution is -2.34. The summed E-state index contributed by atoms with van der Waals surface area (Å²) in [5.41, 5.74) is 0.879. The Hall–Kier alpha value is -0.0800. The smallest absolute Gasteiger partial charge is 0.0587 e. The Bertz CT molecular complexity index is 174. The molecule has 2 nitrogen and oxygen atoms in total. The summed E-state index contributed by atoms with van der Waals surface area (Å²) in [5, 5.41) is 3.49. The van der Waals surface area contributed by atoms with Crippen LogP contribution >= 0.6 is 0 Å². The molecule has 0 amide bonds. The molecule has 0 aromatic rings. The van der Waals surface area contributed by atoms with E-state index in [0.717, 1.165) is 19.7 Å². The average Bonchev–Trinajstić information content (AvgIpc) is 2.21. The first kappa shape index (κ1) is 15.9. The second-order valence-corrected chi connectivity index (χ2v) is 6.39. The van der Waals surface area contributed by atoms with Gasteiger partial charge in [-0.25, -0.2) is 0 Å². The zero-order valence-corrected chi connectivity index (χ0v) is 12.2. The summed E-state index contributed by atoms with van der Waals surface area (Å²) >= 11 is 0. The number of hydrogen-bond acceptors (Lipinski definition) is 2. The van der Waals surface area contributed by atoms with Crippen molar-refractivity contribution in [2.45, 2.75) is 53.9 Å². The van der Waals surface area contributed by atoms with Crippen LogP contribution in [0.3, 0.4) is 0 Å². The van der Waals surface area contributed by atoms with Gasteiger partial charge in [-0.1, -0.05) is 34.6 Å². The van der Waals surface area contributed by atoms with Gasteiger partial charge >= 0.3 is 0 Å².